The molecule has 1 heterocycles. The van der Waals surface area contributed by atoms with E-state index in [1.807, 2.05) is 0 Å². The lowest BCUT2D eigenvalue weighted by molar-refractivity contribution is -0.139. The lowest BCUT2D eigenvalue weighted by Crippen LogP contribution is -2.44. The Morgan fingerprint density at radius 2 is 2.18 bits per heavy atom. The van der Waals surface area contributed by atoms with Gasteiger partial charge in [0.1, 0.15) is 11.8 Å². The number of carbonyl (C=O) groups is 3. The van der Waals surface area contributed by atoms with E-state index in [0.29, 0.717) is 24.3 Å². The van der Waals surface area contributed by atoms with Crippen LogP contribution in [0.15, 0.2) is 24.3 Å². The number of likely N-dealkylation sites (N-methyl/N-ethyl adjacent to an activating group) is 1. The van der Waals surface area contributed by atoms with Crippen LogP contribution in [-0.4, -0.2) is 54.0 Å². The maximum atomic E-state index is 12.5. The van der Waals surface area contributed by atoms with Crippen molar-refractivity contribution in [2.45, 2.75) is 18.9 Å². The molecule has 7 heteroatoms. The molecule has 22 heavy (non-hydrogen) atoms. The highest BCUT2D eigenvalue weighted by molar-refractivity contribution is 5.98. The summed E-state index contributed by atoms with van der Waals surface area (Å²) in [7, 11) is 1.55. The van der Waals surface area contributed by atoms with Crippen LogP contribution < -0.4 is 10.1 Å². The van der Waals surface area contributed by atoms with Gasteiger partial charge in [-0.15, -0.1) is 0 Å². The zero-order valence-electron chi connectivity index (χ0n) is 12.2. The van der Waals surface area contributed by atoms with Gasteiger partial charge in [-0.05, 0) is 31.0 Å². The fourth-order valence-corrected chi connectivity index (χ4v) is 2.48. The quantitative estimate of drug-likeness (QED) is 0.826. The summed E-state index contributed by atoms with van der Waals surface area (Å²) in [6.45, 7) is 0.0549. The van der Waals surface area contributed by atoms with E-state index in [1.54, 1.807) is 25.2 Å². The number of carboxylic acids is 1. The molecule has 1 atom stereocenters. The minimum atomic E-state index is -1.09. The first kappa shape index (κ1) is 15.8. The zero-order chi connectivity index (χ0) is 16.1. The first-order chi connectivity index (χ1) is 10.5. The van der Waals surface area contributed by atoms with Crippen molar-refractivity contribution in [3.05, 3.63) is 29.8 Å². The molecule has 1 aliphatic heterocycles. The Bertz CT molecular complexity index is 587. The fraction of sp³-hybridized carbons (Fsp3) is 0.400. The van der Waals surface area contributed by atoms with Crippen molar-refractivity contribution in [2.75, 3.05) is 20.2 Å². The van der Waals surface area contributed by atoms with Crippen LogP contribution in [0.3, 0.4) is 0 Å². The highest BCUT2D eigenvalue weighted by atomic mass is 16.5. The standard InChI is InChI=1S/C15H18N2O5/c1-16-14(20)12-6-3-7-17(12)15(21)10-4-2-5-11(8-10)22-9-13(18)19/h2,4-5,8,12H,3,6-7,9H2,1H3,(H,16,20)(H,18,19). The molecule has 0 radical (unpaired) electrons. The lowest BCUT2D eigenvalue weighted by Gasteiger charge is -2.23. The first-order valence-corrected chi connectivity index (χ1v) is 7.00. The maximum Gasteiger partial charge on any atom is 0.341 e. The second-order valence-corrected chi connectivity index (χ2v) is 4.98. The number of nitrogens with one attached hydrogen (secondary N) is 1. The fourth-order valence-electron chi connectivity index (χ4n) is 2.48. The van der Waals surface area contributed by atoms with Crippen LogP contribution in [0, 0.1) is 0 Å². The van der Waals surface area contributed by atoms with Crippen molar-refractivity contribution in [3.8, 4) is 5.75 Å². The summed E-state index contributed by atoms with van der Waals surface area (Å²) in [5.41, 5.74) is 0.374. The maximum absolute atomic E-state index is 12.5. The predicted octanol–water partition coefficient (Wildman–Crippen LogP) is 0.501. The SMILES string of the molecule is CNC(=O)C1CCCN1C(=O)c1cccc(OCC(=O)O)c1. The molecule has 7 nitrogen and oxygen atoms in total. The molecule has 1 aliphatic rings. The van der Waals surface area contributed by atoms with Gasteiger partial charge in [-0.25, -0.2) is 4.79 Å². The van der Waals surface area contributed by atoms with Crippen LogP contribution in [0.5, 0.6) is 5.75 Å². The summed E-state index contributed by atoms with van der Waals surface area (Å²) in [5, 5.41) is 11.2. The smallest absolute Gasteiger partial charge is 0.341 e. The molecule has 1 aromatic rings. The van der Waals surface area contributed by atoms with Gasteiger partial charge in [0.05, 0.1) is 0 Å². The molecule has 2 N–H and O–H groups in total. The van der Waals surface area contributed by atoms with Crippen LogP contribution in [0.4, 0.5) is 0 Å². The molecule has 1 fully saturated rings. The highest BCUT2D eigenvalue weighted by Crippen LogP contribution is 2.22. The van der Waals surface area contributed by atoms with Crippen LogP contribution in [0.2, 0.25) is 0 Å². The monoisotopic (exact) mass is 306 g/mol. The molecule has 0 aliphatic carbocycles. The molecule has 1 aromatic carbocycles. The number of carbonyl (C=O) groups excluding carboxylic acids is 2. The molecule has 0 aromatic heterocycles. The van der Waals surface area contributed by atoms with Gasteiger partial charge in [0.15, 0.2) is 6.61 Å². The molecule has 0 spiro atoms. The summed E-state index contributed by atoms with van der Waals surface area (Å²) < 4.78 is 5.07. The molecule has 0 saturated carbocycles. The van der Waals surface area contributed by atoms with Crippen molar-refractivity contribution in [1.82, 2.24) is 10.2 Å². The molecular formula is C15H18N2O5. The van der Waals surface area contributed by atoms with E-state index in [1.165, 1.54) is 11.0 Å². The Labute approximate surface area is 127 Å². The number of hydrogen-bond acceptors (Lipinski definition) is 4. The average molecular weight is 306 g/mol. The summed E-state index contributed by atoms with van der Waals surface area (Å²) in [6, 6.07) is 5.86. The van der Waals surface area contributed by atoms with E-state index in [0.717, 1.165) is 6.42 Å². The Kier molecular flexibility index (Phi) is 4.98. The summed E-state index contributed by atoms with van der Waals surface area (Å²) >= 11 is 0. The average Bonchev–Trinajstić information content (AvgIpc) is 3.01. The number of rotatable bonds is 5. The van der Waals surface area contributed by atoms with E-state index in [2.05, 4.69) is 5.32 Å². The van der Waals surface area contributed by atoms with Crippen molar-refractivity contribution in [1.29, 1.82) is 0 Å². The predicted molar refractivity (Wildman–Crippen MR) is 77.7 cm³/mol. The Morgan fingerprint density at radius 3 is 2.86 bits per heavy atom. The highest BCUT2D eigenvalue weighted by Gasteiger charge is 2.34. The topological polar surface area (TPSA) is 95.9 Å². The second kappa shape index (κ2) is 6.93. The number of likely N-dealkylation sites (tertiary alicyclic amines) is 1. The van der Waals surface area contributed by atoms with Crippen molar-refractivity contribution in [2.24, 2.45) is 0 Å². The van der Waals surface area contributed by atoms with Crippen LogP contribution >= 0.6 is 0 Å². The largest absolute Gasteiger partial charge is 0.482 e. The van der Waals surface area contributed by atoms with Crippen molar-refractivity contribution < 1.29 is 24.2 Å². The van der Waals surface area contributed by atoms with E-state index < -0.39 is 18.6 Å². The number of benzene rings is 1. The minimum absolute atomic E-state index is 0.177. The Balaban J connectivity index is 2.13. The Morgan fingerprint density at radius 1 is 1.41 bits per heavy atom. The summed E-state index contributed by atoms with van der Waals surface area (Å²) in [5.74, 6) is -1.21. The van der Waals surface area contributed by atoms with E-state index in [4.69, 9.17) is 9.84 Å². The lowest BCUT2D eigenvalue weighted by atomic mass is 10.1. The Hall–Kier alpha value is -2.57. The normalized spacial score (nSPS) is 17.1. The molecule has 2 rings (SSSR count). The number of nitrogens with zero attached hydrogens (tertiary/aromatic N) is 1. The number of ether oxygens (including phenoxy) is 1. The summed E-state index contributed by atoms with van der Waals surface area (Å²) in [4.78, 5) is 36.4. The third-order valence-electron chi connectivity index (χ3n) is 3.51. The molecule has 2 amide bonds. The molecule has 0 bridgehead atoms. The minimum Gasteiger partial charge on any atom is -0.482 e. The second-order valence-electron chi connectivity index (χ2n) is 4.98. The van der Waals surface area contributed by atoms with Gasteiger partial charge >= 0.3 is 5.97 Å². The van der Waals surface area contributed by atoms with Gasteiger partial charge in [-0.2, -0.15) is 0 Å². The third kappa shape index (κ3) is 3.55. The number of amides is 2. The zero-order valence-corrected chi connectivity index (χ0v) is 12.2. The molecule has 1 saturated heterocycles. The number of hydrogen-bond donors (Lipinski definition) is 2. The van der Waals surface area contributed by atoms with Crippen LogP contribution in [-0.2, 0) is 9.59 Å². The van der Waals surface area contributed by atoms with Gasteiger partial charge < -0.3 is 20.1 Å². The first-order valence-electron chi connectivity index (χ1n) is 7.00. The number of carboxylic acid groups (broad SMARTS) is 1. The molecule has 1 unspecified atom stereocenters. The van der Waals surface area contributed by atoms with Crippen LogP contribution in [0.1, 0.15) is 23.2 Å². The third-order valence-corrected chi connectivity index (χ3v) is 3.51. The van der Waals surface area contributed by atoms with Gasteiger partial charge in [-0.1, -0.05) is 6.07 Å². The van der Waals surface area contributed by atoms with Crippen LogP contribution in [0.25, 0.3) is 0 Å². The van der Waals surface area contributed by atoms with E-state index >= 15 is 0 Å². The van der Waals surface area contributed by atoms with Crippen molar-refractivity contribution in [3.63, 3.8) is 0 Å². The molecular weight excluding hydrogens is 288 g/mol. The van der Waals surface area contributed by atoms with Gasteiger partial charge in [-0.3, -0.25) is 9.59 Å². The van der Waals surface area contributed by atoms with Gasteiger partial charge in [0.2, 0.25) is 5.91 Å². The van der Waals surface area contributed by atoms with E-state index in [9.17, 15) is 14.4 Å². The van der Waals surface area contributed by atoms with Crippen molar-refractivity contribution >= 4 is 17.8 Å². The van der Waals surface area contributed by atoms with Gasteiger partial charge in [0, 0.05) is 19.2 Å². The van der Waals surface area contributed by atoms with E-state index in [-0.39, 0.29) is 11.8 Å². The van der Waals surface area contributed by atoms with Gasteiger partial charge in [0.25, 0.3) is 5.91 Å². The number of aliphatic carboxylic acids is 1. The molecule has 118 valence electrons. The summed E-state index contributed by atoms with van der Waals surface area (Å²) in [6.07, 6.45) is 1.42.